The van der Waals surface area contributed by atoms with Gasteiger partial charge in [0.05, 0.1) is 12.2 Å². The van der Waals surface area contributed by atoms with Gasteiger partial charge in [-0.25, -0.2) is 23.1 Å². The summed E-state index contributed by atoms with van der Waals surface area (Å²) in [5, 5.41) is 0.582. The van der Waals surface area contributed by atoms with Crippen LogP contribution in [0.5, 0.6) is 0 Å². The minimum atomic E-state index is -3.74. The molecule has 0 radical (unpaired) electrons. The fourth-order valence-corrected chi connectivity index (χ4v) is 3.51. The number of aromatic nitrogens is 2. The Bertz CT molecular complexity index is 684. The number of aryl methyl sites for hydroxylation is 1. The van der Waals surface area contributed by atoms with Crippen molar-refractivity contribution in [3.8, 4) is 0 Å². The number of nitrogens with two attached hydrogens (primary N) is 1. The third kappa shape index (κ3) is 3.31. The lowest BCUT2D eigenvalue weighted by atomic mass is 10.4. The number of hydrogen-bond acceptors (Lipinski definition) is 7. The van der Waals surface area contributed by atoms with E-state index in [1.54, 1.807) is 18.3 Å². The van der Waals surface area contributed by atoms with Crippen LogP contribution >= 0.6 is 11.3 Å². The molecule has 0 unspecified atom stereocenters. The van der Waals surface area contributed by atoms with Crippen molar-refractivity contribution >= 4 is 27.0 Å². The zero-order chi connectivity index (χ0) is 14.6. The summed E-state index contributed by atoms with van der Waals surface area (Å²) in [6.45, 7) is 2.15. The number of hydrazine groups is 1. The molecule has 108 valence electrons. The van der Waals surface area contributed by atoms with Crippen LogP contribution in [0.1, 0.15) is 16.8 Å². The second-order valence-corrected chi connectivity index (χ2v) is 6.78. The number of nitrogens with zero attached hydrogens (tertiary/aromatic N) is 2. The quantitative estimate of drug-likeness (QED) is 0.539. The molecule has 2 aromatic heterocycles. The van der Waals surface area contributed by atoms with Crippen molar-refractivity contribution in [1.82, 2.24) is 14.7 Å². The fraction of sp³-hybridized carbons (Fsp3) is 0.273. The van der Waals surface area contributed by atoms with E-state index in [1.807, 2.05) is 6.92 Å². The SMILES string of the molecule is CCc1cnc(CNS(=O)(=O)c2ncccc2NN)s1. The van der Waals surface area contributed by atoms with Gasteiger partial charge in [-0.15, -0.1) is 11.3 Å². The summed E-state index contributed by atoms with van der Waals surface area (Å²) in [7, 11) is -3.74. The number of anilines is 1. The van der Waals surface area contributed by atoms with E-state index in [0.29, 0.717) is 5.01 Å². The number of sulfonamides is 1. The first-order chi connectivity index (χ1) is 9.56. The van der Waals surface area contributed by atoms with Gasteiger partial charge in [0.25, 0.3) is 10.0 Å². The first-order valence-electron chi connectivity index (χ1n) is 5.91. The lowest BCUT2D eigenvalue weighted by molar-refractivity contribution is 0.577. The van der Waals surface area contributed by atoms with Crippen LogP contribution in [0.25, 0.3) is 0 Å². The number of pyridine rings is 1. The molecule has 0 bridgehead atoms. The average molecular weight is 313 g/mol. The third-order valence-corrected chi connectivity index (χ3v) is 5.04. The van der Waals surface area contributed by atoms with Crippen molar-refractivity contribution < 1.29 is 8.42 Å². The third-order valence-electron chi connectivity index (χ3n) is 2.54. The molecule has 7 nitrogen and oxygen atoms in total. The van der Waals surface area contributed by atoms with Crippen LogP contribution in [0.2, 0.25) is 0 Å². The Morgan fingerprint density at radius 3 is 2.85 bits per heavy atom. The molecule has 0 aliphatic carbocycles. The van der Waals surface area contributed by atoms with E-state index in [4.69, 9.17) is 5.84 Å². The van der Waals surface area contributed by atoms with Crippen LogP contribution in [0.15, 0.2) is 29.6 Å². The van der Waals surface area contributed by atoms with E-state index in [9.17, 15) is 8.42 Å². The zero-order valence-corrected chi connectivity index (χ0v) is 12.5. The molecule has 0 saturated heterocycles. The highest BCUT2D eigenvalue weighted by atomic mass is 32.2. The molecule has 2 rings (SSSR count). The zero-order valence-electron chi connectivity index (χ0n) is 10.8. The fourth-order valence-electron chi connectivity index (χ4n) is 1.53. The van der Waals surface area contributed by atoms with Gasteiger partial charge in [0.2, 0.25) is 0 Å². The smallest absolute Gasteiger partial charge is 0.260 e. The van der Waals surface area contributed by atoms with Crippen LogP contribution in [0.4, 0.5) is 5.69 Å². The maximum atomic E-state index is 12.2. The van der Waals surface area contributed by atoms with Gasteiger partial charge in [0, 0.05) is 17.3 Å². The molecule has 4 N–H and O–H groups in total. The van der Waals surface area contributed by atoms with Crippen molar-refractivity contribution in [2.24, 2.45) is 5.84 Å². The summed E-state index contributed by atoms with van der Waals surface area (Å²) in [5.41, 5.74) is 2.56. The summed E-state index contributed by atoms with van der Waals surface area (Å²) in [4.78, 5) is 9.11. The first-order valence-corrected chi connectivity index (χ1v) is 8.21. The first kappa shape index (κ1) is 14.9. The maximum Gasteiger partial charge on any atom is 0.260 e. The number of nitrogens with one attached hydrogen (secondary N) is 2. The minimum absolute atomic E-state index is 0.130. The predicted octanol–water partition coefficient (Wildman–Crippen LogP) is 0.865. The van der Waals surface area contributed by atoms with Crippen molar-refractivity contribution in [3.05, 3.63) is 34.4 Å². The van der Waals surface area contributed by atoms with Gasteiger partial charge in [-0.05, 0) is 18.6 Å². The Morgan fingerprint density at radius 2 is 2.20 bits per heavy atom. The Kier molecular flexibility index (Phi) is 4.65. The van der Waals surface area contributed by atoms with Gasteiger partial charge in [-0.1, -0.05) is 6.92 Å². The summed E-state index contributed by atoms with van der Waals surface area (Å²) in [6, 6.07) is 3.14. The van der Waals surface area contributed by atoms with E-state index in [0.717, 1.165) is 11.3 Å². The normalized spacial score (nSPS) is 11.5. The molecule has 2 heterocycles. The number of nitrogen functional groups attached to an aromatic ring is 1. The molecule has 0 aromatic carbocycles. The van der Waals surface area contributed by atoms with Crippen molar-refractivity contribution in [1.29, 1.82) is 0 Å². The lowest BCUT2D eigenvalue weighted by Crippen LogP contribution is -2.26. The molecule has 0 aliphatic heterocycles. The minimum Gasteiger partial charge on any atom is -0.321 e. The molecule has 0 spiro atoms. The van der Waals surface area contributed by atoms with Crippen LogP contribution < -0.4 is 16.0 Å². The second kappa shape index (κ2) is 6.27. The Labute approximate surface area is 121 Å². The molecule has 9 heteroatoms. The summed E-state index contributed by atoms with van der Waals surface area (Å²) in [6.07, 6.45) is 4.03. The van der Waals surface area contributed by atoms with Crippen molar-refractivity contribution in [2.45, 2.75) is 24.9 Å². The Balaban J connectivity index is 2.15. The van der Waals surface area contributed by atoms with Gasteiger partial charge >= 0.3 is 0 Å². The Hall–Kier alpha value is -1.55. The number of hydrogen-bond donors (Lipinski definition) is 3. The number of rotatable bonds is 6. The highest BCUT2D eigenvalue weighted by Gasteiger charge is 2.20. The van der Waals surface area contributed by atoms with Gasteiger partial charge in [0.15, 0.2) is 5.03 Å². The molecular formula is C11H15N5O2S2. The molecule has 0 saturated carbocycles. The number of thiazole rings is 1. The van der Waals surface area contributed by atoms with Crippen LogP contribution in [0.3, 0.4) is 0 Å². The van der Waals surface area contributed by atoms with E-state index in [1.165, 1.54) is 17.5 Å². The molecule has 0 fully saturated rings. The monoisotopic (exact) mass is 313 g/mol. The van der Waals surface area contributed by atoms with Gasteiger partial charge < -0.3 is 5.43 Å². The molecule has 0 atom stereocenters. The second-order valence-electron chi connectivity index (χ2n) is 3.90. The largest absolute Gasteiger partial charge is 0.321 e. The van der Waals surface area contributed by atoms with Crippen molar-refractivity contribution in [3.63, 3.8) is 0 Å². The average Bonchev–Trinajstić information content (AvgIpc) is 2.93. The summed E-state index contributed by atoms with van der Waals surface area (Å²) < 4.78 is 26.8. The lowest BCUT2D eigenvalue weighted by Gasteiger charge is -2.08. The highest BCUT2D eigenvalue weighted by Crippen LogP contribution is 2.18. The van der Waals surface area contributed by atoms with Gasteiger partial charge in [-0.2, -0.15) is 0 Å². The van der Waals surface area contributed by atoms with Gasteiger partial charge in [-0.3, -0.25) is 5.84 Å². The van der Waals surface area contributed by atoms with Crippen molar-refractivity contribution in [2.75, 3.05) is 5.43 Å². The highest BCUT2D eigenvalue weighted by molar-refractivity contribution is 7.89. The maximum absolute atomic E-state index is 12.2. The van der Waals surface area contributed by atoms with E-state index >= 15 is 0 Å². The predicted molar refractivity (Wildman–Crippen MR) is 77.6 cm³/mol. The van der Waals surface area contributed by atoms with Crippen LogP contribution in [-0.2, 0) is 23.0 Å². The summed E-state index contributed by atoms with van der Waals surface area (Å²) >= 11 is 1.48. The molecule has 2 aromatic rings. The van der Waals surface area contributed by atoms with Crippen LogP contribution in [0, 0.1) is 0 Å². The van der Waals surface area contributed by atoms with E-state index in [-0.39, 0.29) is 17.3 Å². The Morgan fingerprint density at radius 1 is 1.40 bits per heavy atom. The molecule has 0 amide bonds. The standard InChI is InChI=1S/C11H15N5O2S2/c1-2-8-6-14-10(19-8)7-15-20(17,18)11-9(16-12)4-3-5-13-11/h3-6,15-16H,2,7,12H2,1H3. The molecule has 20 heavy (non-hydrogen) atoms. The van der Waals surface area contributed by atoms with E-state index in [2.05, 4.69) is 20.1 Å². The van der Waals surface area contributed by atoms with Gasteiger partial charge in [0.1, 0.15) is 5.01 Å². The molecular weight excluding hydrogens is 298 g/mol. The topological polar surface area (TPSA) is 110 Å². The van der Waals surface area contributed by atoms with Crippen LogP contribution in [-0.4, -0.2) is 18.4 Å². The summed E-state index contributed by atoms with van der Waals surface area (Å²) in [5.74, 6) is 5.28. The van der Waals surface area contributed by atoms with E-state index < -0.39 is 10.0 Å². The molecule has 0 aliphatic rings.